The molecule has 3 rings (SSSR count). The summed E-state index contributed by atoms with van der Waals surface area (Å²) < 4.78 is 66.5. The fraction of sp³-hybridized carbons (Fsp3) is 0.136. The summed E-state index contributed by atoms with van der Waals surface area (Å²) in [6, 6.07) is 16.6. The number of hydrogen-bond donors (Lipinski definition) is 1. The van der Waals surface area contributed by atoms with Crippen LogP contribution in [0.2, 0.25) is 5.02 Å². The third-order valence-electron chi connectivity index (χ3n) is 4.57. The van der Waals surface area contributed by atoms with Gasteiger partial charge in [0.05, 0.1) is 26.9 Å². The van der Waals surface area contributed by atoms with E-state index in [-0.39, 0.29) is 21.3 Å². The second-order valence-electron chi connectivity index (χ2n) is 6.85. The van der Waals surface area contributed by atoms with Crippen LogP contribution in [0.15, 0.2) is 77.7 Å². The highest BCUT2D eigenvalue weighted by atomic mass is 35.5. The standard InChI is InChI=1S/C22H18ClF3N2O3S/c1-15-7-5-6-10-20(15)28(32(30,31)17-8-3-2-4-9-17)14-21(29)27-19-13-16(22(24,25)26)11-12-18(19)23/h2-13H,14H2,1H3,(H,27,29). The summed E-state index contributed by atoms with van der Waals surface area (Å²) in [5, 5.41) is 2.18. The fourth-order valence-electron chi connectivity index (χ4n) is 2.98. The van der Waals surface area contributed by atoms with E-state index in [2.05, 4.69) is 5.32 Å². The van der Waals surface area contributed by atoms with Gasteiger partial charge in [0.1, 0.15) is 6.54 Å². The molecule has 0 aliphatic carbocycles. The van der Waals surface area contributed by atoms with E-state index in [0.717, 1.165) is 16.4 Å². The highest BCUT2D eigenvalue weighted by molar-refractivity contribution is 7.92. The maximum absolute atomic E-state index is 13.3. The first-order valence-electron chi connectivity index (χ1n) is 9.30. The largest absolute Gasteiger partial charge is 0.416 e. The van der Waals surface area contributed by atoms with Crippen molar-refractivity contribution in [1.29, 1.82) is 0 Å². The average molecular weight is 483 g/mol. The Labute approximate surface area is 188 Å². The van der Waals surface area contributed by atoms with E-state index in [9.17, 15) is 26.4 Å². The minimum atomic E-state index is -4.63. The van der Waals surface area contributed by atoms with Crippen LogP contribution in [0.1, 0.15) is 11.1 Å². The molecule has 32 heavy (non-hydrogen) atoms. The molecule has 0 heterocycles. The summed E-state index contributed by atoms with van der Waals surface area (Å²) in [6.07, 6.45) is -4.63. The van der Waals surface area contributed by atoms with Gasteiger partial charge in [-0.3, -0.25) is 9.10 Å². The molecule has 5 nitrogen and oxygen atoms in total. The number of rotatable bonds is 6. The smallest absolute Gasteiger partial charge is 0.323 e. The molecule has 0 saturated carbocycles. The van der Waals surface area contributed by atoms with E-state index in [1.165, 1.54) is 12.1 Å². The van der Waals surface area contributed by atoms with Crippen LogP contribution in [-0.2, 0) is 21.0 Å². The normalized spacial score (nSPS) is 11.8. The molecule has 0 aromatic heterocycles. The number of para-hydroxylation sites is 1. The van der Waals surface area contributed by atoms with Crippen LogP contribution in [0.25, 0.3) is 0 Å². The maximum atomic E-state index is 13.3. The van der Waals surface area contributed by atoms with Gasteiger partial charge in [0.15, 0.2) is 0 Å². The molecule has 3 aromatic carbocycles. The highest BCUT2D eigenvalue weighted by Crippen LogP contribution is 2.34. The highest BCUT2D eigenvalue weighted by Gasteiger charge is 2.32. The molecule has 1 N–H and O–H groups in total. The first-order valence-corrected chi connectivity index (χ1v) is 11.1. The molecule has 0 saturated heterocycles. The Bertz CT molecular complexity index is 1230. The second kappa shape index (κ2) is 9.22. The Balaban J connectivity index is 1.96. The number of carbonyl (C=O) groups excluding carboxylic acids is 1. The Hall–Kier alpha value is -3.04. The van der Waals surface area contributed by atoms with Crippen LogP contribution in [0.5, 0.6) is 0 Å². The molecular weight excluding hydrogens is 465 g/mol. The lowest BCUT2D eigenvalue weighted by atomic mass is 10.2. The molecule has 0 aliphatic rings. The SMILES string of the molecule is Cc1ccccc1N(CC(=O)Nc1cc(C(F)(F)F)ccc1Cl)S(=O)(=O)c1ccccc1. The minimum Gasteiger partial charge on any atom is -0.323 e. The van der Waals surface area contributed by atoms with Gasteiger partial charge in [-0.2, -0.15) is 13.2 Å². The number of nitrogens with one attached hydrogen (secondary N) is 1. The molecule has 0 spiro atoms. The third kappa shape index (κ3) is 5.23. The van der Waals surface area contributed by atoms with Crippen molar-refractivity contribution in [1.82, 2.24) is 0 Å². The van der Waals surface area contributed by atoms with E-state index in [4.69, 9.17) is 11.6 Å². The predicted molar refractivity (Wildman–Crippen MR) is 117 cm³/mol. The monoisotopic (exact) mass is 482 g/mol. The van der Waals surface area contributed by atoms with Crippen LogP contribution >= 0.6 is 11.6 Å². The third-order valence-corrected chi connectivity index (χ3v) is 6.67. The van der Waals surface area contributed by atoms with E-state index in [0.29, 0.717) is 11.6 Å². The van der Waals surface area contributed by atoms with Gasteiger partial charge in [0.2, 0.25) is 5.91 Å². The number of halogens is 4. The zero-order chi connectivity index (χ0) is 23.5. The van der Waals surface area contributed by atoms with Crippen molar-refractivity contribution in [2.24, 2.45) is 0 Å². The number of benzene rings is 3. The van der Waals surface area contributed by atoms with Gasteiger partial charge in [0, 0.05) is 0 Å². The van der Waals surface area contributed by atoms with Crippen molar-refractivity contribution >= 4 is 38.9 Å². The Morgan fingerprint density at radius 3 is 2.25 bits per heavy atom. The molecule has 0 unspecified atom stereocenters. The van der Waals surface area contributed by atoms with Crippen LogP contribution in [0, 0.1) is 6.92 Å². The van der Waals surface area contributed by atoms with Gasteiger partial charge in [-0.25, -0.2) is 8.42 Å². The summed E-state index contributed by atoms with van der Waals surface area (Å²) in [7, 11) is -4.15. The lowest BCUT2D eigenvalue weighted by Gasteiger charge is -2.25. The van der Waals surface area contributed by atoms with Gasteiger partial charge < -0.3 is 5.32 Å². The van der Waals surface area contributed by atoms with E-state index >= 15 is 0 Å². The lowest BCUT2D eigenvalue weighted by Crippen LogP contribution is -2.38. The number of aryl methyl sites for hydroxylation is 1. The van der Waals surface area contributed by atoms with Crippen molar-refractivity contribution in [3.05, 3.63) is 88.9 Å². The van der Waals surface area contributed by atoms with Gasteiger partial charge in [0.25, 0.3) is 10.0 Å². The number of amides is 1. The predicted octanol–water partition coefficient (Wildman–Crippen LogP) is 5.50. The quantitative estimate of drug-likeness (QED) is 0.504. The summed E-state index contributed by atoms with van der Waals surface area (Å²) in [6.45, 7) is 1.01. The fourth-order valence-corrected chi connectivity index (χ4v) is 4.65. The first kappa shape index (κ1) is 23.6. The molecule has 1 amide bonds. The summed E-state index contributed by atoms with van der Waals surface area (Å²) in [4.78, 5) is 12.7. The zero-order valence-corrected chi connectivity index (χ0v) is 18.3. The summed E-state index contributed by atoms with van der Waals surface area (Å²) in [5.41, 5.74) is -0.406. The first-order chi connectivity index (χ1) is 15.0. The number of hydrogen-bond acceptors (Lipinski definition) is 3. The molecule has 0 atom stereocenters. The maximum Gasteiger partial charge on any atom is 0.416 e. The van der Waals surface area contributed by atoms with Crippen molar-refractivity contribution < 1.29 is 26.4 Å². The Morgan fingerprint density at radius 2 is 1.62 bits per heavy atom. The molecule has 10 heteroatoms. The van der Waals surface area contributed by atoms with Crippen LogP contribution < -0.4 is 9.62 Å². The molecule has 0 bridgehead atoms. The van der Waals surface area contributed by atoms with Crippen molar-refractivity contribution in [2.45, 2.75) is 18.0 Å². The summed E-state index contributed by atoms with van der Waals surface area (Å²) in [5.74, 6) is -0.853. The topological polar surface area (TPSA) is 66.5 Å². The zero-order valence-electron chi connectivity index (χ0n) is 16.7. The number of carbonyl (C=O) groups is 1. The summed E-state index contributed by atoms with van der Waals surface area (Å²) >= 11 is 5.94. The average Bonchev–Trinajstić information content (AvgIpc) is 2.74. The van der Waals surface area contributed by atoms with Gasteiger partial charge in [-0.15, -0.1) is 0 Å². The number of alkyl halides is 3. The van der Waals surface area contributed by atoms with E-state index in [1.54, 1.807) is 49.4 Å². The molecular formula is C22H18ClF3N2O3S. The van der Waals surface area contributed by atoms with E-state index < -0.39 is 34.2 Å². The molecule has 0 fully saturated rings. The molecule has 0 aliphatic heterocycles. The van der Waals surface area contributed by atoms with Gasteiger partial charge in [-0.05, 0) is 48.9 Å². The lowest BCUT2D eigenvalue weighted by molar-refractivity contribution is -0.137. The van der Waals surface area contributed by atoms with E-state index in [1.807, 2.05) is 0 Å². The molecule has 3 aromatic rings. The minimum absolute atomic E-state index is 0.0341. The van der Waals surface area contributed by atoms with Crippen LogP contribution in [0.3, 0.4) is 0 Å². The Kier molecular flexibility index (Phi) is 6.80. The molecule has 168 valence electrons. The van der Waals surface area contributed by atoms with Crippen molar-refractivity contribution in [2.75, 3.05) is 16.2 Å². The second-order valence-corrected chi connectivity index (χ2v) is 9.12. The van der Waals surface area contributed by atoms with Gasteiger partial charge >= 0.3 is 6.18 Å². The van der Waals surface area contributed by atoms with Crippen molar-refractivity contribution in [3.63, 3.8) is 0 Å². The van der Waals surface area contributed by atoms with Crippen molar-refractivity contribution in [3.8, 4) is 0 Å². The van der Waals surface area contributed by atoms with Crippen LogP contribution in [0.4, 0.5) is 24.5 Å². The van der Waals surface area contributed by atoms with Gasteiger partial charge in [-0.1, -0.05) is 48.0 Å². The molecule has 0 radical (unpaired) electrons. The Morgan fingerprint density at radius 1 is 1.00 bits per heavy atom. The number of sulfonamides is 1. The number of anilines is 2. The van der Waals surface area contributed by atoms with Crippen LogP contribution in [-0.4, -0.2) is 20.9 Å². The number of nitrogens with zero attached hydrogens (tertiary/aromatic N) is 1.